The number of aromatic amines is 1. The van der Waals surface area contributed by atoms with Crippen molar-refractivity contribution in [1.29, 1.82) is 0 Å². The highest BCUT2D eigenvalue weighted by atomic mass is 19.4. The smallest absolute Gasteiger partial charge is 0.258 e. The summed E-state index contributed by atoms with van der Waals surface area (Å²) in [6.07, 6.45) is -4.33. The summed E-state index contributed by atoms with van der Waals surface area (Å²) in [5, 5.41) is 9.34. The number of hydrogen-bond donors (Lipinski definition) is 1. The van der Waals surface area contributed by atoms with Crippen LogP contribution in [-0.2, 0) is 6.18 Å². The molecule has 0 aliphatic carbocycles. The molecule has 0 atom stereocenters. The maximum atomic E-state index is 12.2. The lowest BCUT2D eigenvalue weighted by molar-refractivity contribution is -0.137. The summed E-state index contributed by atoms with van der Waals surface area (Å²) >= 11 is 0. The van der Waals surface area contributed by atoms with Gasteiger partial charge in [0.1, 0.15) is 5.52 Å². The molecule has 0 fully saturated rings. The van der Waals surface area contributed by atoms with Gasteiger partial charge < -0.3 is 0 Å². The molecule has 0 saturated heterocycles. The molecule has 0 amide bonds. The van der Waals surface area contributed by atoms with Crippen LogP contribution in [0.15, 0.2) is 18.2 Å². The van der Waals surface area contributed by atoms with Gasteiger partial charge in [-0.15, -0.1) is 5.10 Å². The fraction of sp³-hybridized carbons (Fsp3) is 0.143. The number of alkyl halides is 3. The Morgan fingerprint density at radius 2 is 2.00 bits per heavy atom. The molecular weight excluding hydrogens is 183 g/mol. The summed E-state index contributed by atoms with van der Waals surface area (Å²) < 4.78 is 36.5. The van der Waals surface area contributed by atoms with Crippen molar-refractivity contribution in [2.24, 2.45) is 0 Å². The van der Waals surface area contributed by atoms with Crippen molar-refractivity contribution in [3.05, 3.63) is 23.8 Å². The molecule has 0 unspecified atom stereocenters. The number of aromatic nitrogens is 3. The lowest BCUT2D eigenvalue weighted by Crippen LogP contribution is -2.04. The van der Waals surface area contributed by atoms with E-state index in [1.807, 2.05) is 0 Å². The molecule has 0 radical (unpaired) electrons. The Morgan fingerprint density at radius 1 is 1.23 bits per heavy atom. The Labute approximate surface area is 70.6 Å². The van der Waals surface area contributed by atoms with Crippen molar-refractivity contribution in [3.8, 4) is 0 Å². The fourth-order valence-corrected chi connectivity index (χ4v) is 1.02. The molecule has 1 aromatic carbocycles. The zero-order valence-electron chi connectivity index (χ0n) is 6.26. The Hall–Kier alpha value is -1.59. The van der Waals surface area contributed by atoms with Crippen LogP contribution >= 0.6 is 0 Å². The Bertz CT molecular complexity index is 432. The fourth-order valence-electron chi connectivity index (χ4n) is 1.02. The molecule has 1 N–H and O–H groups in total. The minimum absolute atomic E-state index is 0.217. The average Bonchev–Trinajstić information content (AvgIpc) is 2.47. The zero-order chi connectivity index (χ0) is 9.47. The third-order valence-corrected chi connectivity index (χ3v) is 1.65. The first-order chi connectivity index (χ1) is 6.07. The number of hydrogen-bond acceptors (Lipinski definition) is 2. The highest BCUT2D eigenvalue weighted by Crippen LogP contribution is 2.30. The molecule has 1 aromatic heterocycles. The van der Waals surface area contributed by atoms with Gasteiger partial charge in [-0.2, -0.15) is 13.2 Å². The first-order valence-electron chi connectivity index (χ1n) is 3.45. The number of fused-ring (bicyclic) bond motifs is 1. The Balaban J connectivity index is 2.61. The van der Waals surface area contributed by atoms with Gasteiger partial charge in [0, 0.05) is 0 Å². The minimum atomic E-state index is -4.33. The van der Waals surface area contributed by atoms with Gasteiger partial charge in [-0.05, 0) is 18.2 Å². The standard InChI is InChI=1S/C7H4F3N3/c8-7(9,10)4-1-2-5-6(3-4)12-13-11-5/h1-3H,(H,11,12,13). The molecule has 2 rings (SSSR count). The SMILES string of the molecule is FC(F)(F)c1ccc2[nH]nnc2c1. The first-order valence-corrected chi connectivity index (χ1v) is 3.45. The maximum absolute atomic E-state index is 12.2. The molecule has 0 aliphatic rings. The summed E-state index contributed by atoms with van der Waals surface area (Å²) in [7, 11) is 0. The monoisotopic (exact) mass is 187 g/mol. The van der Waals surface area contributed by atoms with Crippen LogP contribution in [0.25, 0.3) is 11.0 Å². The summed E-state index contributed by atoms with van der Waals surface area (Å²) in [6.45, 7) is 0. The molecule has 1 heterocycles. The van der Waals surface area contributed by atoms with Crippen molar-refractivity contribution in [2.75, 3.05) is 0 Å². The van der Waals surface area contributed by atoms with Crippen molar-refractivity contribution in [1.82, 2.24) is 15.4 Å². The van der Waals surface area contributed by atoms with Crippen molar-refractivity contribution in [3.63, 3.8) is 0 Å². The van der Waals surface area contributed by atoms with Crippen LogP contribution in [0.4, 0.5) is 13.2 Å². The molecule has 2 aromatic rings. The van der Waals surface area contributed by atoms with E-state index in [-0.39, 0.29) is 5.52 Å². The van der Waals surface area contributed by atoms with Crippen molar-refractivity contribution < 1.29 is 13.2 Å². The van der Waals surface area contributed by atoms with E-state index in [4.69, 9.17) is 0 Å². The first kappa shape index (κ1) is 8.03. The van der Waals surface area contributed by atoms with Crippen LogP contribution in [0.5, 0.6) is 0 Å². The van der Waals surface area contributed by atoms with E-state index in [9.17, 15) is 13.2 Å². The highest BCUT2D eigenvalue weighted by Gasteiger charge is 2.30. The number of nitrogens with one attached hydrogen (secondary N) is 1. The number of halogens is 3. The summed E-state index contributed by atoms with van der Waals surface area (Å²) in [5.74, 6) is 0. The molecular formula is C7H4F3N3. The van der Waals surface area contributed by atoms with Crippen molar-refractivity contribution in [2.45, 2.75) is 6.18 Å². The molecule has 0 aliphatic heterocycles. The normalized spacial score (nSPS) is 12.2. The Morgan fingerprint density at radius 3 is 2.69 bits per heavy atom. The van der Waals surface area contributed by atoms with Gasteiger partial charge in [-0.3, -0.25) is 5.10 Å². The van der Waals surface area contributed by atoms with E-state index in [1.54, 1.807) is 0 Å². The number of rotatable bonds is 0. The maximum Gasteiger partial charge on any atom is 0.416 e. The second-order valence-electron chi connectivity index (χ2n) is 2.54. The molecule has 68 valence electrons. The quantitative estimate of drug-likeness (QED) is 0.685. The van der Waals surface area contributed by atoms with Crippen LogP contribution < -0.4 is 0 Å². The minimum Gasteiger partial charge on any atom is -0.258 e. The van der Waals surface area contributed by atoms with Gasteiger partial charge in [0.15, 0.2) is 0 Å². The number of nitrogens with zero attached hydrogens (tertiary/aromatic N) is 2. The van der Waals surface area contributed by atoms with Crippen LogP contribution in [0, 0.1) is 0 Å². The van der Waals surface area contributed by atoms with E-state index in [1.165, 1.54) is 6.07 Å². The van der Waals surface area contributed by atoms with Crippen molar-refractivity contribution >= 4 is 11.0 Å². The number of H-pyrrole nitrogens is 1. The molecule has 13 heavy (non-hydrogen) atoms. The van der Waals surface area contributed by atoms with E-state index in [0.717, 1.165) is 12.1 Å². The van der Waals surface area contributed by atoms with Crippen LogP contribution in [0.3, 0.4) is 0 Å². The van der Waals surface area contributed by atoms with Gasteiger partial charge in [0.2, 0.25) is 0 Å². The molecule has 0 saturated carbocycles. The van der Waals surface area contributed by atoms with Gasteiger partial charge >= 0.3 is 6.18 Å². The predicted octanol–water partition coefficient (Wildman–Crippen LogP) is 1.98. The number of benzene rings is 1. The molecule has 0 spiro atoms. The van der Waals surface area contributed by atoms with E-state index in [2.05, 4.69) is 15.4 Å². The summed E-state index contributed by atoms with van der Waals surface area (Å²) in [5.41, 5.74) is -0.00303. The second kappa shape index (κ2) is 2.45. The molecule has 6 heteroatoms. The van der Waals surface area contributed by atoms with Gasteiger partial charge in [0.25, 0.3) is 0 Å². The summed E-state index contributed by atoms with van der Waals surface area (Å²) in [4.78, 5) is 0. The average molecular weight is 187 g/mol. The van der Waals surface area contributed by atoms with Gasteiger partial charge in [0.05, 0.1) is 11.1 Å². The zero-order valence-corrected chi connectivity index (χ0v) is 6.26. The van der Waals surface area contributed by atoms with E-state index < -0.39 is 11.7 Å². The molecule has 3 nitrogen and oxygen atoms in total. The predicted molar refractivity (Wildman–Crippen MR) is 38.9 cm³/mol. The van der Waals surface area contributed by atoms with E-state index in [0.29, 0.717) is 5.52 Å². The van der Waals surface area contributed by atoms with E-state index >= 15 is 0 Å². The van der Waals surface area contributed by atoms with Crippen LogP contribution in [0.2, 0.25) is 0 Å². The second-order valence-corrected chi connectivity index (χ2v) is 2.54. The van der Waals surface area contributed by atoms with Crippen LogP contribution in [0.1, 0.15) is 5.56 Å². The van der Waals surface area contributed by atoms with Gasteiger partial charge in [-0.1, -0.05) is 5.21 Å². The third kappa shape index (κ3) is 1.34. The Kier molecular flexibility index (Phi) is 1.51. The lowest BCUT2D eigenvalue weighted by atomic mass is 10.2. The highest BCUT2D eigenvalue weighted by molar-refractivity contribution is 5.74. The summed E-state index contributed by atoms with van der Waals surface area (Å²) in [6, 6.07) is 3.25. The largest absolute Gasteiger partial charge is 0.416 e. The van der Waals surface area contributed by atoms with Gasteiger partial charge in [-0.25, -0.2) is 0 Å². The lowest BCUT2D eigenvalue weighted by Gasteiger charge is -2.04. The third-order valence-electron chi connectivity index (χ3n) is 1.65. The van der Waals surface area contributed by atoms with Crippen LogP contribution in [-0.4, -0.2) is 15.4 Å². The molecule has 0 bridgehead atoms. The topological polar surface area (TPSA) is 41.6 Å².